The molecule has 3 nitrogen and oxygen atoms in total. The highest BCUT2D eigenvalue weighted by Crippen LogP contribution is 2.36. The molecule has 0 spiro atoms. The van der Waals surface area contributed by atoms with Crippen molar-refractivity contribution in [1.82, 2.24) is 4.90 Å². The van der Waals surface area contributed by atoms with Gasteiger partial charge >= 0.3 is 0 Å². The molecule has 1 atom stereocenters. The van der Waals surface area contributed by atoms with E-state index in [1.807, 2.05) is 0 Å². The van der Waals surface area contributed by atoms with Crippen LogP contribution in [0.5, 0.6) is 0 Å². The standard InChI is InChI=1S/C10H20N2O/c11-10(3-4-10)5-7-12-6-1-2-9(12)8-13/h9,13H,1-8,11H2. The molecule has 1 aliphatic heterocycles. The Hall–Kier alpha value is -0.120. The van der Waals surface area contributed by atoms with Crippen LogP contribution in [-0.4, -0.2) is 41.3 Å². The molecule has 1 aliphatic carbocycles. The average molecular weight is 184 g/mol. The molecule has 3 N–H and O–H groups in total. The number of hydrogen-bond donors (Lipinski definition) is 2. The van der Waals surface area contributed by atoms with Crippen LogP contribution in [0.4, 0.5) is 0 Å². The molecule has 0 aromatic heterocycles. The van der Waals surface area contributed by atoms with Gasteiger partial charge in [-0.2, -0.15) is 0 Å². The van der Waals surface area contributed by atoms with Crippen molar-refractivity contribution in [2.75, 3.05) is 19.7 Å². The predicted octanol–water partition coefficient (Wildman–Crippen LogP) is 0.324. The van der Waals surface area contributed by atoms with Gasteiger partial charge in [0.05, 0.1) is 6.61 Å². The summed E-state index contributed by atoms with van der Waals surface area (Å²) in [7, 11) is 0. The second-order valence-electron chi connectivity index (χ2n) is 4.63. The van der Waals surface area contributed by atoms with E-state index in [0.717, 1.165) is 25.9 Å². The Kier molecular flexibility index (Phi) is 2.58. The van der Waals surface area contributed by atoms with E-state index in [1.165, 1.54) is 19.3 Å². The summed E-state index contributed by atoms with van der Waals surface area (Å²) >= 11 is 0. The second kappa shape index (κ2) is 3.56. The molecule has 1 unspecified atom stereocenters. The number of hydrogen-bond acceptors (Lipinski definition) is 3. The van der Waals surface area contributed by atoms with Gasteiger partial charge < -0.3 is 10.8 Å². The van der Waals surface area contributed by atoms with Crippen molar-refractivity contribution >= 4 is 0 Å². The average Bonchev–Trinajstić information content (AvgIpc) is 2.69. The van der Waals surface area contributed by atoms with Crippen LogP contribution in [-0.2, 0) is 0 Å². The molecule has 1 saturated carbocycles. The molecule has 2 fully saturated rings. The summed E-state index contributed by atoms with van der Waals surface area (Å²) in [6.07, 6.45) is 5.91. The van der Waals surface area contributed by atoms with Crippen molar-refractivity contribution in [1.29, 1.82) is 0 Å². The monoisotopic (exact) mass is 184 g/mol. The van der Waals surface area contributed by atoms with Crippen LogP contribution in [0.15, 0.2) is 0 Å². The first-order valence-corrected chi connectivity index (χ1v) is 5.37. The van der Waals surface area contributed by atoms with E-state index in [4.69, 9.17) is 10.8 Å². The van der Waals surface area contributed by atoms with E-state index >= 15 is 0 Å². The van der Waals surface area contributed by atoms with Gasteiger partial charge in [-0.25, -0.2) is 0 Å². The van der Waals surface area contributed by atoms with Gasteiger partial charge in [0, 0.05) is 18.1 Å². The van der Waals surface area contributed by atoms with E-state index in [2.05, 4.69) is 4.90 Å². The van der Waals surface area contributed by atoms with E-state index in [0.29, 0.717) is 12.6 Å². The number of nitrogens with zero attached hydrogens (tertiary/aromatic N) is 1. The topological polar surface area (TPSA) is 49.5 Å². The quantitative estimate of drug-likeness (QED) is 0.662. The van der Waals surface area contributed by atoms with Crippen LogP contribution in [0.25, 0.3) is 0 Å². The maximum atomic E-state index is 9.11. The van der Waals surface area contributed by atoms with Gasteiger partial charge in [0.25, 0.3) is 0 Å². The molecular formula is C10H20N2O. The minimum atomic E-state index is 0.169. The SMILES string of the molecule is NC1(CCN2CCCC2CO)CC1. The van der Waals surface area contributed by atoms with Crippen molar-refractivity contribution in [3.05, 3.63) is 0 Å². The lowest BCUT2D eigenvalue weighted by atomic mass is 10.2. The summed E-state index contributed by atoms with van der Waals surface area (Å²) in [5.74, 6) is 0. The van der Waals surface area contributed by atoms with Crippen LogP contribution >= 0.6 is 0 Å². The minimum Gasteiger partial charge on any atom is -0.395 e. The number of nitrogens with two attached hydrogens (primary N) is 1. The molecule has 0 aromatic carbocycles. The Morgan fingerprint density at radius 3 is 2.85 bits per heavy atom. The Labute approximate surface area is 79.9 Å². The van der Waals surface area contributed by atoms with Gasteiger partial charge in [0.1, 0.15) is 0 Å². The maximum Gasteiger partial charge on any atom is 0.0586 e. The fourth-order valence-electron chi connectivity index (χ4n) is 2.17. The molecule has 0 radical (unpaired) electrons. The lowest BCUT2D eigenvalue weighted by molar-refractivity contribution is 0.154. The second-order valence-corrected chi connectivity index (χ2v) is 4.63. The van der Waals surface area contributed by atoms with Gasteiger partial charge in [-0.15, -0.1) is 0 Å². The summed E-state index contributed by atoms with van der Waals surface area (Å²) in [6.45, 7) is 2.56. The summed E-state index contributed by atoms with van der Waals surface area (Å²) in [6, 6.07) is 0.419. The summed E-state index contributed by atoms with van der Waals surface area (Å²) in [4.78, 5) is 2.40. The summed E-state index contributed by atoms with van der Waals surface area (Å²) < 4.78 is 0. The van der Waals surface area contributed by atoms with Crippen molar-refractivity contribution in [3.63, 3.8) is 0 Å². The molecule has 76 valence electrons. The van der Waals surface area contributed by atoms with Crippen molar-refractivity contribution < 1.29 is 5.11 Å². The van der Waals surface area contributed by atoms with Gasteiger partial charge in [-0.1, -0.05) is 0 Å². The number of likely N-dealkylation sites (tertiary alicyclic amines) is 1. The van der Waals surface area contributed by atoms with Crippen molar-refractivity contribution in [2.45, 2.75) is 43.7 Å². The van der Waals surface area contributed by atoms with Gasteiger partial charge in [0.15, 0.2) is 0 Å². The zero-order valence-electron chi connectivity index (χ0n) is 8.21. The molecule has 13 heavy (non-hydrogen) atoms. The Bertz CT molecular complexity index is 180. The third-order valence-corrected chi connectivity index (χ3v) is 3.50. The van der Waals surface area contributed by atoms with Crippen LogP contribution in [0.1, 0.15) is 32.1 Å². The van der Waals surface area contributed by atoms with Gasteiger partial charge in [-0.05, 0) is 38.6 Å². The lowest BCUT2D eigenvalue weighted by Crippen LogP contribution is -2.36. The Balaban J connectivity index is 1.73. The van der Waals surface area contributed by atoms with Crippen LogP contribution in [0.2, 0.25) is 0 Å². The van der Waals surface area contributed by atoms with Crippen molar-refractivity contribution in [2.24, 2.45) is 5.73 Å². The zero-order chi connectivity index (χ0) is 9.31. The maximum absolute atomic E-state index is 9.11. The smallest absolute Gasteiger partial charge is 0.0586 e. The third kappa shape index (κ3) is 2.22. The van der Waals surface area contributed by atoms with E-state index in [1.54, 1.807) is 0 Å². The highest BCUT2D eigenvalue weighted by molar-refractivity contribution is 4.99. The first-order chi connectivity index (χ1) is 6.23. The highest BCUT2D eigenvalue weighted by Gasteiger charge is 2.38. The molecule has 2 rings (SSSR count). The molecule has 3 heteroatoms. The molecule has 1 heterocycles. The van der Waals surface area contributed by atoms with E-state index < -0.39 is 0 Å². The molecule has 0 bridgehead atoms. The number of aliphatic hydroxyl groups excluding tert-OH is 1. The van der Waals surface area contributed by atoms with Gasteiger partial charge in [-0.3, -0.25) is 4.90 Å². The zero-order valence-corrected chi connectivity index (χ0v) is 8.21. The lowest BCUT2D eigenvalue weighted by Gasteiger charge is -2.23. The molecule has 0 amide bonds. The van der Waals surface area contributed by atoms with Crippen LogP contribution in [0, 0.1) is 0 Å². The third-order valence-electron chi connectivity index (χ3n) is 3.50. The summed E-state index contributed by atoms with van der Waals surface area (Å²) in [5.41, 5.74) is 6.19. The predicted molar refractivity (Wildman–Crippen MR) is 52.5 cm³/mol. The van der Waals surface area contributed by atoms with Crippen molar-refractivity contribution in [3.8, 4) is 0 Å². The molecule has 1 saturated heterocycles. The first-order valence-electron chi connectivity index (χ1n) is 5.37. The fourth-order valence-corrected chi connectivity index (χ4v) is 2.17. The number of rotatable bonds is 4. The molecule has 2 aliphatic rings. The Morgan fingerprint density at radius 1 is 1.46 bits per heavy atom. The first kappa shape index (κ1) is 9.44. The summed E-state index contributed by atoms with van der Waals surface area (Å²) in [5, 5.41) is 9.11. The normalized spacial score (nSPS) is 32.3. The van der Waals surface area contributed by atoms with E-state index in [9.17, 15) is 0 Å². The molecular weight excluding hydrogens is 164 g/mol. The van der Waals surface area contributed by atoms with Gasteiger partial charge in [0.2, 0.25) is 0 Å². The fraction of sp³-hybridized carbons (Fsp3) is 1.00. The Morgan fingerprint density at radius 2 is 2.23 bits per heavy atom. The largest absolute Gasteiger partial charge is 0.395 e. The highest BCUT2D eigenvalue weighted by atomic mass is 16.3. The van der Waals surface area contributed by atoms with Crippen LogP contribution in [0.3, 0.4) is 0 Å². The van der Waals surface area contributed by atoms with Crippen LogP contribution < -0.4 is 5.73 Å². The molecule has 0 aromatic rings. The van der Waals surface area contributed by atoms with E-state index in [-0.39, 0.29) is 5.54 Å². The number of aliphatic hydroxyl groups is 1. The minimum absolute atomic E-state index is 0.169.